The third kappa shape index (κ3) is 2.98. The summed E-state index contributed by atoms with van der Waals surface area (Å²) in [4.78, 5) is 16.4. The first-order valence-corrected chi connectivity index (χ1v) is 7.26. The maximum Gasteiger partial charge on any atom is 0.224 e. The Balaban J connectivity index is 1.67. The summed E-state index contributed by atoms with van der Waals surface area (Å²) in [7, 11) is 1.86. The zero-order valence-corrected chi connectivity index (χ0v) is 12.7. The number of nitrogens with one attached hydrogen (secondary N) is 1. The summed E-state index contributed by atoms with van der Waals surface area (Å²) in [6.45, 7) is 1.94. The van der Waals surface area contributed by atoms with E-state index in [1.54, 1.807) is 10.9 Å². The Morgan fingerprint density at radius 1 is 1.27 bits per heavy atom. The van der Waals surface area contributed by atoms with Gasteiger partial charge in [-0.15, -0.1) is 0 Å². The summed E-state index contributed by atoms with van der Waals surface area (Å²) in [6.07, 6.45) is 2.85. The molecule has 22 heavy (non-hydrogen) atoms. The summed E-state index contributed by atoms with van der Waals surface area (Å²) in [5.74, 6) is -0.00783. The number of carbonyl (C=O) groups is 1. The van der Waals surface area contributed by atoms with Gasteiger partial charge >= 0.3 is 0 Å². The zero-order chi connectivity index (χ0) is 15.5. The number of hydrogen-bond donors (Lipinski definition) is 1. The summed E-state index contributed by atoms with van der Waals surface area (Å²) in [6, 6.07) is 11.9. The highest BCUT2D eigenvalue weighted by Gasteiger charge is 2.09. The van der Waals surface area contributed by atoms with Crippen molar-refractivity contribution in [2.24, 2.45) is 7.05 Å². The molecule has 2 heterocycles. The first kappa shape index (κ1) is 14.3. The maximum atomic E-state index is 12.1. The molecule has 0 saturated heterocycles. The number of nitrogens with zero attached hydrogens (tertiary/aromatic N) is 3. The van der Waals surface area contributed by atoms with Crippen LogP contribution in [0.4, 0.5) is 5.69 Å². The average Bonchev–Trinajstić information content (AvgIpc) is 2.81. The van der Waals surface area contributed by atoms with E-state index >= 15 is 0 Å². The second kappa shape index (κ2) is 5.97. The Kier molecular flexibility index (Phi) is 3.87. The predicted octanol–water partition coefficient (Wildman–Crippen LogP) is 2.85. The number of rotatable bonds is 4. The highest BCUT2D eigenvalue weighted by molar-refractivity contribution is 5.93. The van der Waals surface area contributed by atoms with E-state index in [0.29, 0.717) is 12.1 Å². The quantitative estimate of drug-likeness (QED) is 0.805. The molecule has 0 aliphatic rings. The Bertz CT molecular complexity index is 808. The molecule has 3 rings (SSSR count). The number of anilines is 1. The molecule has 0 radical (unpaired) electrons. The van der Waals surface area contributed by atoms with Crippen LogP contribution in [0.1, 0.15) is 17.7 Å². The van der Waals surface area contributed by atoms with E-state index in [9.17, 15) is 4.79 Å². The second-order valence-electron chi connectivity index (χ2n) is 5.34. The normalized spacial score (nSPS) is 10.8. The lowest BCUT2D eigenvalue weighted by Crippen LogP contribution is -2.12. The lowest BCUT2D eigenvalue weighted by Gasteiger charge is -2.05. The largest absolute Gasteiger partial charge is 0.325 e. The van der Waals surface area contributed by atoms with Crippen LogP contribution in [0.15, 0.2) is 42.6 Å². The number of carbonyl (C=O) groups excluding carboxylic acids is 1. The van der Waals surface area contributed by atoms with Crippen molar-refractivity contribution in [1.29, 1.82) is 0 Å². The maximum absolute atomic E-state index is 12.1. The molecule has 3 aromatic rings. The van der Waals surface area contributed by atoms with Crippen LogP contribution >= 0.6 is 0 Å². The summed E-state index contributed by atoms with van der Waals surface area (Å²) in [5.41, 5.74) is 3.60. The number of pyridine rings is 1. The lowest BCUT2D eigenvalue weighted by atomic mass is 10.1. The number of benzene rings is 1. The molecule has 2 aromatic heterocycles. The van der Waals surface area contributed by atoms with Crippen molar-refractivity contribution in [2.75, 3.05) is 5.32 Å². The van der Waals surface area contributed by atoms with Crippen LogP contribution < -0.4 is 5.32 Å². The summed E-state index contributed by atoms with van der Waals surface area (Å²) < 4.78 is 1.74. The predicted molar refractivity (Wildman–Crippen MR) is 86.6 cm³/mol. The highest BCUT2D eigenvalue weighted by Crippen LogP contribution is 2.19. The van der Waals surface area contributed by atoms with Gasteiger partial charge in [-0.2, -0.15) is 5.10 Å². The van der Waals surface area contributed by atoms with Crippen LogP contribution in [0.2, 0.25) is 0 Å². The minimum Gasteiger partial charge on any atom is -0.325 e. The fraction of sp³-hybridized carbons (Fsp3) is 0.235. The summed E-state index contributed by atoms with van der Waals surface area (Å²) in [5, 5.41) is 8.19. The van der Waals surface area contributed by atoms with Gasteiger partial charge < -0.3 is 5.32 Å². The zero-order valence-electron chi connectivity index (χ0n) is 12.7. The molecule has 0 aliphatic heterocycles. The Morgan fingerprint density at radius 3 is 2.82 bits per heavy atom. The number of fused-ring (bicyclic) bond motifs is 1. The van der Waals surface area contributed by atoms with E-state index < -0.39 is 0 Å². The van der Waals surface area contributed by atoms with Crippen molar-refractivity contribution in [3.05, 3.63) is 53.9 Å². The van der Waals surface area contributed by atoms with Crippen LogP contribution in [0.5, 0.6) is 0 Å². The number of aromatic nitrogens is 3. The van der Waals surface area contributed by atoms with Gasteiger partial charge in [-0.25, -0.2) is 4.98 Å². The van der Waals surface area contributed by atoms with Crippen molar-refractivity contribution in [3.63, 3.8) is 0 Å². The van der Waals surface area contributed by atoms with Crippen molar-refractivity contribution in [2.45, 2.75) is 19.8 Å². The van der Waals surface area contributed by atoms with Gasteiger partial charge in [0.25, 0.3) is 0 Å². The van der Waals surface area contributed by atoms with Crippen LogP contribution in [-0.4, -0.2) is 20.7 Å². The molecule has 1 amide bonds. The van der Waals surface area contributed by atoms with Gasteiger partial charge in [-0.1, -0.05) is 30.3 Å². The molecule has 0 atom stereocenters. The van der Waals surface area contributed by atoms with Gasteiger partial charge in [0.15, 0.2) is 5.65 Å². The van der Waals surface area contributed by atoms with Crippen molar-refractivity contribution >= 4 is 22.6 Å². The van der Waals surface area contributed by atoms with Gasteiger partial charge in [0.05, 0.1) is 17.6 Å². The molecule has 5 heteroatoms. The van der Waals surface area contributed by atoms with Gasteiger partial charge in [0.2, 0.25) is 5.91 Å². The van der Waals surface area contributed by atoms with E-state index in [1.165, 1.54) is 0 Å². The minimum absolute atomic E-state index is 0.00783. The molecule has 0 spiro atoms. The Labute approximate surface area is 129 Å². The highest BCUT2D eigenvalue weighted by atomic mass is 16.1. The number of amides is 1. The SMILES string of the molecule is Cc1nn(C)c2ncc(NC(=O)CCc3ccccc3)cc12. The van der Waals surface area contributed by atoms with E-state index in [2.05, 4.69) is 15.4 Å². The topological polar surface area (TPSA) is 59.8 Å². The minimum atomic E-state index is -0.00783. The standard InChI is InChI=1S/C17H18N4O/c1-12-15-10-14(11-18-17(15)21(2)20-12)19-16(22)9-8-13-6-4-3-5-7-13/h3-7,10-11H,8-9H2,1-2H3,(H,19,22). The van der Waals surface area contributed by atoms with Gasteiger partial charge in [0.1, 0.15) is 0 Å². The fourth-order valence-corrected chi connectivity index (χ4v) is 2.50. The molecule has 0 bridgehead atoms. The first-order valence-electron chi connectivity index (χ1n) is 7.26. The number of hydrogen-bond acceptors (Lipinski definition) is 3. The monoisotopic (exact) mass is 294 g/mol. The molecule has 1 aromatic carbocycles. The molecule has 1 N–H and O–H groups in total. The van der Waals surface area contributed by atoms with E-state index in [0.717, 1.165) is 28.7 Å². The Hall–Kier alpha value is -2.69. The summed E-state index contributed by atoms with van der Waals surface area (Å²) >= 11 is 0. The molecule has 0 saturated carbocycles. The third-order valence-electron chi connectivity index (χ3n) is 3.63. The van der Waals surface area contributed by atoms with Gasteiger partial charge in [-0.3, -0.25) is 9.48 Å². The smallest absolute Gasteiger partial charge is 0.224 e. The molecule has 5 nitrogen and oxygen atoms in total. The van der Waals surface area contributed by atoms with Gasteiger partial charge in [0, 0.05) is 18.9 Å². The van der Waals surface area contributed by atoms with Gasteiger partial charge in [-0.05, 0) is 25.0 Å². The van der Waals surface area contributed by atoms with Crippen molar-refractivity contribution in [3.8, 4) is 0 Å². The Morgan fingerprint density at radius 2 is 2.05 bits per heavy atom. The molecular weight excluding hydrogens is 276 g/mol. The first-order chi connectivity index (χ1) is 10.6. The van der Waals surface area contributed by atoms with Crippen molar-refractivity contribution in [1.82, 2.24) is 14.8 Å². The van der Waals surface area contributed by atoms with E-state index in [4.69, 9.17) is 0 Å². The second-order valence-corrected chi connectivity index (χ2v) is 5.34. The molecule has 0 fully saturated rings. The molecule has 0 unspecified atom stereocenters. The van der Waals surface area contributed by atoms with E-state index in [1.807, 2.05) is 50.4 Å². The lowest BCUT2D eigenvalue weighted by molar-refractivity contribution is -0.116. The fourth-order valence-electron chi connectivity index (χ4n) is 2.50. The van der Waals surface area contributed by atoms with Crippen molar-refractivity contribution < 1.29 is 4.79 Å². The third-order valence-corrected chi connectivity index (χ3v) is 3.63. The number of aryl methyl sites for hydroxylation is 3. The van der Waals surface area contributed by atoms with Crippen LogP contribution in [0.25, 0.3) is 11.0 Å². The molecular formula is C17H18N4O. The van der Waals surface area contributed by atoms with E-state index in [-0.39, 0.29) is 5.91 Å². The molecule has 112 valence electrons. The van der Waals surface area contributed by atoms with Crippen LogP contribution in [-0.2, 0) is 18.3 Å². The van der Waals surface area contributed by atoms with Crippen LogP contribution in [0.3, 0.4) is 0 Å². The van der Waals surface area contributed by atoms with Crippen LogP contribution in [0, 0.1) is 6.92 Å². The average molecular weight is 294 g/mol. The molecule has 0 aliphatic carbocycles.